The number of anilines is 1. The first-order chi connectivity index (χ1) is 12.1. The molecule has 5 nitrogen and oxygen atoms in total. The summed E-state index contributed by atoms with van der Waals surface area (Å²) in [6.45, 7) is 4.78. The summed E-state index contributed by atoms with van der Waals surface area (Å²) < 4.78 is 0. The van der Waals surface area contributed by atoms with Gasteiger partial charge in [-0.2, -0.15) is 0 Å². The maximum atomic E-state index is 12.9. The van der Waals surface area contributed by atoms with Crippen molar-refractivity contribution in [1.82, 2.24) is 9.80 Å². The summed E-state index contributed by atoms with van der Waals surface area (Å²) in [7, 11) is 4.12. The number of likely N-dealkylation sites (tertiary alicyclic amines) is 1. The van der Waals surface area contributed by atoms with Gasteiger partial charge in [-0.1, -0.05) is 0 Å². The van der Waals surface area contributed by atoms with Gasteiger partial charge in [-0.25, -0.2) is 0 Å². The Hall–Kier alpha value is -1.59. The SMILES string of the molecule is CN(C)C[C@@H]1C[C@H](CO)CN(C(=O)c2ccc(N3CCCC3)cc2)C1. The molecule has 1 N–H and O–H groups in total. The van der Waals surface area contributed by atoms with E-state index in [9.17, 15) is 9.90 Å². The molecule has 138 valence electrons. The number of nitrogens with zero attached hydrogens (tertiary/aromatic N) is 3. The van der Waals surface area contributed by atoms with Crippen LogP contribution in [0.5, 0.6) is 0 Å². The minimum Gasteiger partial charge on any atom is -0.396 e. The molecule has 1 amide bonds. The number of carbonyl (C=O) groups is 1. The van der Waals surface area contributed by atoms with Crippen LogP contribution < -0.4 is 4.90 Å². The van der Waals surface area contributed by atoms with Crippen LogP contribution in [0.25, 0.3) is 0 Å². The molecule has 1 aromatic carbocycles. The lowest BCUT2D eigenvalue weighted by Crippen LogP contribution is -2.47. The Kier molecular flexibility index (Phi) is 5.97. The van der Waals surface area contributed by atoms with Crippen LogP contribution in [0.15, 0.2) is 24.3 Å². The summed E-state index contributed by atoms with van der Waals surface area (Å²) in [5.41, 5.74) is 1.97. The number of piperidine rings is 1. The lowest BCUT2D eigenvalue weighted by atomic mass is 9.89. The molecule has 0 bridgehead atoms. The topological polar surface area (TPSA) is 47.0 Å². The van der Waals surface area contributed by atoms with Crippen LogP contribution in [0, 0.1) is 11.8 Å². The standard InChI is InChI=1S/C20H31N3O2/c1-21(2)12-16-11-17(15-24)14-23(13-16)20(25)18-5-7-19(8-6-18)22-9-3-4-10-22/h5-8,16-17,24H,3-4,9-15H2,1-2H3/t16-,17-/m0/s1. The number of rotatable bonds is 5. The lowest BCUT2D eigenvalue weighted by molar-refractivity contribution is 0.0478. The van der Waals surface area contributed by atoms with Gasteiger partial charge < -0.3 is 19.8 Å². The first-order valence-electron chi connectivity index (χ1n) is 9.46. The van der Waals surface area contributed by atoms with E-state index in [1.165, 1.54) is 18.5 Å². The van der Waals surface area contributed by atoms with Gasteiger partial charge in [0.15, 0.2) is 0 Å². The van der Waals surface area contributed by atoms with E-state index in [0.717, 1.165) is 38.2 Å². The Balaban J connectivity index is 1.67. The summed E-state index contributed by atoms with van der Waals surface area (Å²) in [5.74, 6) is 0.704. The van der Waals surface area contributed by atoms with Crippen molar-refractivity contribution >= 4 is 11.6 Å². The maximum Gasteiger partial charge on any atom is 0.253 e. The van der Waals surface area contributed by atoms with Gasteiger partial charge in [0.2, 0.25) is 0 Å². The zero-order valence-corrected chi connectivity index (χ0v) is 15.5. The van der Waals surface area contributed by atoms with E-state index >= 15 is 0 Å². The van der Waals surface area contributed by atoms with E-state index in [4.69, 9.17) is 0 Å². The van der Waals surface area contributed by atoms with Crippen molar-refractivity contribution in [2.45, 2.75) is 19.3 Å². The second kappa shape index (κ2) is 8.19. The van der Waals surface area contributed by atoms with Gasteiger partial charge in [-0.15, -0.1) is 0 Å². The fourth-order valence-electron chi connectivity index (χ4n) is 4.24. The highest BCUT2D eigenvalue weighted by Crippen LogP contribution is 2.25. The number of hydrogen-bond donors (Lipinski definition) is 1. The van der Waals surface area contributed by atoms with Gasteiger partial charge in [0.25, 0.3) is 5.91 Å². The van der Waals surface area contributed by atoms with Gasteiger partial charge in [-0.05, 0) is 69.5 Å². The maximum absolute atomic E-state index is 12.9. The average molecular weight is 345 g/mol. The first kappa shape index (κ1) is 18.2. The third kappa shape index (κ3) is 4.53. The molecule has 0 unspecified atom stereocenters. The first-order valence-corrected chi connectivity index (χ1v) is 9.46. The number of carbonyl (C=O) groups excluding carboxylic acids is 1. The molecule has 2 atom stereocenters. The highest BCUT2D eigenvalue weighted by atomic mass is 16.3. The molecule has 0 saturated carbocycles. The molecule has 25 heavy (non-hydrogen) atoms. The molecule has 0 aromatic heterocycles. The Morgan fingerprint density at radius 3 is 2.36 bits per heavy atom. The molecule has 3 rings (SSSR count). The lowest BCUT2D eigenvalue weighted by Gasteiger charge is -2.38. The largest absolute Gasteiger partial charge is 0.396 e. The molecule has 0 spiro atoms. The Morgan fingerprint density at radius 1 is 1.12 bits per heavy atom. The quantitative estimate of drug-likeness (QED) is 0.886. The summed E-state index contributed by atoms with van der Waals surface area (Å²) in [5, 5.41) is 9.61. The van der Waals surface area contributed by atoms with E-state index in [-0.39, 0.29) is 18.4 Å². The summed E-state index contributed by atoms with van der Waals surface area (Å²) in [6, 6.07) is 8.06. The highest BCUT2D eigenvalue weighted by molar-refractivity contribution is 5.94. The molecular weight excluding hydrogens is 314 g/mol. The third-order valence-corrected chi connectivity index (χ3v) is 5.38. The molecule has 2 heterocycles. The number of aliphatic hydroxyl groups excluding tert-OH is 1. The van der Waals surface area contributed by atoms with Crippen molar-refractivity contribution in [2.75, 3.05) is 58.3 Å². The van der Waals surface area contributed by atoms with E-state index in [1.807, 2.05) is 17.0 Å². The van der Waals surface area contributed by atoms with Crippen molar-refractivity contribution in [3.8, 4) is 0 Å². The van der Waals surface area contributed by atoms with Gasteiger partial charge >= 0.3 is 0 Å². The second-order valence-electron chi connectivity index (χ2n) is 7.86. The predicted molar refractivity (Wildman–Crippen MR) is 101 cm³/mol. The van der Waals surface area contributed by atoms with Crippen molar-refractivity contribution in [3.63, 3.8) is 0 Å². The molecule has 2 aliphatic rings. The van der Waals surface area contributed by atoms with Crippen molar-refractivity contribution in [2.24, 2.45) is 11.8 Å². The van der Waals surface area contributed by atoms with Crippen LogP contribution in [-0.2, 0) is 0 Å². The van der Waals surface area contributed by atoms with E-state index in [2.05, 4.69) is 36.0 Å². The molecule has 0 radical (unpaired) electrons. The third-order valence-electron chi connectivity index (χ3n) is 5.38. The van der Waals surface area contributed by atoms with Crippen LogP contribution in [0.4, 0.5) is 5.69 Å². The van der Waals surface area contributed by atoms with Crippen LogP contribution in [0.1, 0.15) is 29.6 Å². The van der Waals surface area contributed by atoms with Gasteiger partial charge in [-0.3, -0.25) is 4.79 Å². The number of aliphatic hydroxyl groups is 1. The fourth-order valence-corrected chi connectivity index (χ4v) is 4.24. The minimum atomic E-state index is 0.0925. The molecule has 2 fully saturated rings. The van der Waals surface area contributed by atoms with E-state index < -0.39 is 0 Å². The van der Waals surface area contributed by atoms with Crippen molar-refractivity contribution in [1.29, 1.82) is 0 Å². The zero-order valence-electron chi connectivity index (χ0n) is 15.5. The van der Waals surface area contributed by atoms with E-state index in [0.29, 0.717) is 12.5 Å². The summed E-state index contributed by atoms with van der Waals surface area (Å²) >= 11 is 0. The van der Waals surface area contributed by atoms with Gasteiger partial charge in [0.1, 0.15) is 0 Å². The van der Waals surface area contributed by atoms with Crippen molar-refractivity contribution < 1.29 is 9.90 Å². The normalized spacial score (nSPS) is 24.2. The van der Waals surface area contributed by atoms with Gasteiger partial charge in [0.05, 0.1) is 0 Å². The minimum absolute atomic E-state index is 0.0925. The number of amides is 1. The molecule has 0 aliphatic carbocycles. The van der Waals surface area contributed by atoms with Gasteiger partial charge in [0, 0.05) is 50.6 Å². The molecule has 2 saturated heterocycles. The summed E-state index contributed by atoms with van der Waals surface area (Å²) in [4.78, 5) is 19.4. The fraction of sp³-hybridized carbons (Fsp3) is 0.650. The smallest absolute Gasteiger partial charge is 0.253 e. The Morgan fingerprint density at radius 2 is 1.76 bits per heavy atom. The molecule has 1 aromatic rings. The Labute approximate surface area is 151 Å². The molecule has 5 heteroatoms. The van der Waals surface area contributed by atoms with Crippen LogP contribution >= 0.6 is 0 Å². The monoisotopic (exact) mass is 345 g/mol. The molecule has 2 aliphatic heterocycles. The predicted octanol–water partition coefficient (Wildman–Crippen LogP) is 1.92. The summed E-state index contributed by atoms with van der Waals surface area (Å²) in [6.07, 6.45) is 3.50. The van der Waals surface area contributed by atoms with E-state index in [1.54, 1.807) is 0 Å². The average Bonchev–Trinajstić information content (AvgIpc) is 3.15. The number of benzene rings is 1. The molecular formula is C20H31N3O2. The van der Waals surface area contributed by atoms with Crippen LogP contribution in [0.3, 0.4) is 0 Å². The van der Waals surface area contributed by atoms with Crippen LogP contribution in [-0.4, -0.2) is 74.2 Å². The Bertz CT molecular complexity index is 567. The van der Waals surface area contributed by atoms with Crippen LogP contribution in [0.2, 0.25) is 0 Å². The second-order valence-corrected chi connectivity index (χ2v) is 7.86. The zero-order chi connectivity index (χ0) is 17.8. The number of hydrogen-bond acceptors (Lipinski definition) is 4. The van der Waals surface area contributed by atoms with Crippen molar-refractivity contribution in [3.05, 3.63) is 29.8 Å². The highest BCUT2D eigenvalue weighted by Gasteiger charge is 2.30.